The van der Waals surface area contributed by atoms with Crippen LogP contribution in [0.5, 0.6) is 11.5 Å². The molecule has 3 rings (SSSR count). The zero-order valence-corrected chi connectivity index (χ0v) is 16.5. The highest BCUT2D eigenvalue weighted by Gasteiger charge is 2.13. The van der Waals surface area contributed by atoms with Crippen molar-refractivity contribution < 1.29 is 17.9 Å². The molecule has 1 aliphatic heterocycles. The monoisotopic (exact) mass is 404 g/mol. The largest absolute Gasteiger partial charge is 0.454 e. The van der Waals surface area contributed by atoms with Crippen LogP contribution < -0.4 is 24.8 Å². The van der Waals surface area contributed by atoms with Gasteiger partial charge in [-0.1, -0.05) is 36.4 Å². The summed E-state index contributed by atoms with van der Waals surface area (Å²) < 4.78 is 37.5. The Morgan fingerprint density at radius 3 is 2.57 bits per heavy atom. The van der Waals surface area contributed by atoms with Crippen molar-refractivity contribution in [2.24, 2.45) is 4.99 Å². The predicted molar refractivity (Wildman–Crippen MR) is 108 cm³/mol. The van der Waals surface area contributed by atoms with Crippen LogP contribution in [0.2, 0.25) is 0 Å². The maximum absolute atomic E-state index is 12.1. The SMILES string of the molecule is CN=C(NCCS(=O)(=O)NCc1ccccc1)NCc1ccc2c(c1)OCO2. The second-order valence-corrected chi connectivity index (χ2v) is 8.09. The van der Waals surface area contributed by atoms with Gasteiger partial charge in [0.2, 0.25) is 16.8 Å². The molecule has 0 aromatic heterocycles. The molecular formula is C19H24N4O4S. The highest BCUT2D eigenvalue weighted by atomic mass is 32.2. The smallest absolute Gasteiger partial charge is 0.231 e. The molecule has 2 aromatic rings. The van der Waals surface area contributed by atoms with Crippen molar-refractivity contribution in [1.82, 2.24) is 15.4 Å². The van der Waals surface area contributed by atoms with Gasteiger partial charge in [0.05, 0.1) is 5.75 Å². The average Bonchev–Trinajstić information content (AvgIpc) is 3.18. The number of nitrogens with one attached hydrogen (secondary N) is 3. The number of benzene rings is 2. The second kappa shape index (κ2) is 9.43. The van der Waals surface area contributed by atoms with E-state index in [0.717, 1.165) is 22.6 Å². The highest BCUT2D eigenvalue weighted by Crippen LogP contribution is 2.32. The molecule has 3 N–H and O–H groups in total. The molecule has 0 spiro atoms. The molecule has 8 nitrogen and oxygen atoms in total. The topological polar surface area (TPSA) is 101 Å². The van der Waals surface area contributed by atoms with Gasteiger partial charge >= 0.3 is 0 Å². The summed E-state index contributed by atoms with van der Waals surface area (Å²) in [6.07, 6.45) is 0. The fourth-order valence-corrected chi connectivity index (χ4v) is 3.52. The summed E-state index contributed by atoms with van der Waals surface area (Å²) in [4.78, 5) is 4.11. The van der Waals surface area contributed by atoms with E-state index in [2.05, 4.69) is 20.3 Å². The molecule has 28 heavy (non-hydrogen) atoms. The molecule has 1 aliphatic rings. The van der Waals surface area contributed by atoms with E-state index in [1.54, 1.807) is 7.05 Å². The number of hydrogen-bond donors (Lipinski definition) is 3. The maximum atomic E-state index is 12.1. The fraction of sp³-hybridized carbons (Fsp3) is 0.316. The molecule has 2 aromatic carbocycles. The van der Waals surface area contributed by atoms with Gasteiger partial charge in [-0.2, -0.15) is 0 Å². The van der Waals surface area contributed by atoms with Crippen LogP contribution in [-0.4, -0.2) is 40.5 Å². The van der Waals surface area contributed by atoms with E-state index in [0.29, 0.717) is 12.5 Å². The standard InChI is InChI=1S/C19H24N4O4S/c1-20-19(22-12-16-7-8-17-18(11-16)27-14-26-17)21-9-10-28(24,25)23-13-15-5-3-2-4-6-15/h2-8,11,23H,9-10,12-14H2,1H3,(H2,20,21,22). The first-order valence-electron chi connectivity index (χ1n) is 8.90. The normalized spacial score (nSPS) is 13.4. The molecule has 0 radical (unpaired) electrons. The number of ether oxygens (including phenoxy) is 2. The summed E-state index contributed by atoms with van der Waals surface area (Å²) in [6, 6.07) is 15.1. The molecule has 0 unspecified atom stereocenters. The van der Waals surface area contributed by atoms with E-state index >= 15 is 0 Å². The summed E-state index contributed by atoms with van der Waals surface area (Å²) >= 11 is 0. The Balaban J connectivity index is 1.41. The van der Waals surface area contributed by atoms with E-state index in [1.807, 2.05) is 48.5 Å². The number of fused-ring (bicyclic) bond motifs is 1. The van der Waals surface area contributed by atoms with Crippen LogP contribution in [0.3, 0.4) is 0 Å². The van der Waals surface area contributed by atoms with Crippen molar-refractivity contribution in [3.63, 3.8) is 0 Å². The van der Waals surface area contributed by atoms with Crippen molar-refractivity contribution in [3.8, 4) is 11.5 Å². The van der Waals surface area contributed by atoms with Crippen LogP contribution >= 0.6 is 0 Å². The Hall–Kier alpha value is -2.78. The number of hydrogen-bond acceptors (Lipinski definition) is 5. The maximum Gasteiger partial charge on any atom is 0.231 e. The van der Waals surface area contributed by atoms with Crippen LogP contribution in [0.4, 0.5) is 0 Å². The van der Waals surface area contributed by atoms with Gasteiger partial charge in [-0.25, -0.2) is 13.1 Å². The lowest BCUT2D eigenvalue weighted by atomic mass is 10.2. The van der Waals surface area contributed by atoms with Gasteiger partial charge in [-0.05, 0) is 23.3 Å². The highest BCUT2D eigenvalue weighted by molar-refractivity contribution is 7.89. The van der Waals surface area contributed by atoms with Crippen molar-refractivity contribution in [2.45, 2.75) is 13.1 Å². The minimum Gasteiger partial charge on any atom is -0.454 e. The van der Waals surface area contributed by atoms with Gasteiger partial charge in [0.15, 0.2) is 17.5 Å². The number of rotatable bonds is 8. The van der Waals surface area contributed by atoms with Crippen molar-refractivity contribution in [1.29, 1.82) is 0 Å². The van der Waals surface area contributed by atoms with E-state index in [4.69, 9.17) is 9.47 Å². The first-order chi connectivity index (χ1) is 13.6. The zero-order chi connectivity index (χ0) is 19.8. The molecule has 0 atom stereocenters. The zero-order valence-electron chi connectivity index (χ0n) is 15.6. The minimum absolute atomic E-state index is 0.0510. The summed E-state index contributed by atoms with van der Waals surface area (Å²) in [6.45, 7) is 1.28. The first kappa shape index (κ1) is 20.0. The molecule has 0 aliphatic carbocycles. The van der Waals surface area contributed by atoms with Crippen LogP contribution in [0.1, 0.15) is 11.1 Å². The van der Waals surface area contributed by atoms with Gasteiger partial charge in [0.25, 0.3) is 0 Å². The first-order valence-corrected chi connectivity index (χ1v) is 10.6. The predicted octanol–water partition coefficient (Wildman–Crippen LogP) is 1.20. The van der Waals surface area contributed by atoms with Gasteiger partial charge in [-0.3, -0.25) is 4.99 Å². The molecule has 0 fully saturated rings. The summed E-state index contributed by atoms with van der Waals surface area (Å²) in [7, 11) is -1.75. The summed E-state index contributed by atoms with van der Waals surface area (Å²) in [5.74, 6) is 1.93. The van der Waals surface area contributed by atoms with E-state index in [1.165, 1.54) is 0 Å². The Bertz CT molecular complexity index is 917. The molecule has 0 bridgehead atoms. The number of guanidine groups is 1. The Morgan fingerprint density at radius 2 is 1.79 bits per heavy atom. The van der Waals surface area contributed by atoms with Gasteiger partial charge < -0.3 is 20.1 Å². The van der Waals surface area contributed by atoms with Crippen molar-refractivity contribution >= 4 is 16.0 Å². The third-order valence-electron chi connectivity index (χ3n) is 4.12. The van der Waals surface area contributed by atoms with Crippen molar-refractivity contribution in [3.05, 3.63) is 59.7 Å². The summed E-state index contributed by atoms with van der Waals surface area (Å²) in [5.41, 5.74) is 1.92. The van der Waals surface area contributed by atoms with Crippen LogP contribution in [0.25, 0.3) is 0 Å². The average molecular weight is 404 g/mol. The lowest BCUT2D eigenvalue weighted by Gasteiger charge is -2.13. The second-order valence-electron chi connectivity index (χ2n) is 6.17. The summed E-state index contributed by atoms with van der Waals surface area (Å²) in [5, 5.41) is 6.16. The lowest BCUT2D eigenvalue weighted by molar-refractivity contribution is 0.174. The third kappa shape index (κ3) is 5.86. The van der Waals surface area contributed by atoms with Gasteiger partial charge in [0, 0.05) is 26.7 Å². The van der Waals surface area contributed by atoms with Crippen molar-refractivity contribution in [2.75, 3.05) is 26.1 Å². The molecule has 9 heteroatoms. The van der Waals surface area contributed by atoms with Crippen LogP contribution in [0, 0.1) is 0 Å². The Morgan fingerprint density at radius 1 is 1.00 bits per heavy atom. The fourth-order valence-electron chi connectivity index (χ4n) is 2.62. The quantitative estimate of drug-likeness (QED) is 0.452. The van der Waals surface area contributed by atoms with Gasteiger partial charge in [0.1, 0.15) is 0 Å². The lowest BCUT2D eigenvalue weighted by Crippen LogP contribution is -2.40. The van der Waals surface area contributed by atoms with Crippen LogP contribution in [-0.2, 0) is 23.1 Å². The van der Waals surface area contributed by atoms with Gasteiger partial charge in [-0.15, -0.1) is 0 Å². The van der Waals surface area contributed by atoms with E-state index in [9.17, 15) is 8.42 Å². The molecule has 0 saturated carbocycles. The molecule has 150 valence electrons. The van der Waals surface area contributed by atoms with E-state index < -0.39 is 10.0 Å². The Kier molecular flexibility index (Phi) is 6.72. The molecule has 0 amide bonds. The minimum atomic E-state index is -3.38. The molecule has 1 heterocycles. The number of nitrogens with zero attached hydrogens (tertiary/aromatic N) is 1. The molecule has 0 saturated heterocycles. The third-order valence-corrected chi connectivity index (χ3v) is 5.45. The Labute approximate surface area is 165 Å². The number of sulfonamides is 1. The van der Waals surface area contributed by atoms with Crippen LogP contribution in [0.15, 0.2) is 53.5 Å². The molecular weight excluding hydrogens is 380 g/mol. The number of aliphatic imine (C=N–C) groups is 1. The van der Waals surface area contributed by atoms with E-state index in [-0.39, 0.29) is 25.6 Å².